The average molecular weight is 407 g/mol. The Morgan fingerprint density at radius 3 is 2.37 bits per heavy atom. The quantitative estimate of drug-likeness (QED) is 0.586. The number of aryl methyl sites for hydroxylation is 1. The first-order chi connectivity index (χ1) is 14.3. The minimum Gasteiger partial charge on any atom is -0.456 e. The summed E-state index contributed by atoms with van der Waals surface area (Å²) in [6, 6.07) is 18.7. The van der Waals surface area contributed by atoms with E-state index >= 15 is 0 Å². The molecule has 2 aliphatic heterocycles. The summed E-state index contributed by atoms with van der Waals surface area (Å²) in [4.78, 5) is 12.8. The van der Waals surface area contributed by atoms with E-state index in [1.165, 1.54) is 11.1 Å². The van der Waals surface area contributed by atoms with E-state index in [9.17, 15) is 4.79 Å². The van der Waals surface area contributed by atoms with Crippen LogP contribution in [0, 0.1) is 0 Å². The molecule has 0 N–H and O–H groups in total. The highest BCUT2D eigenvalue weighted by molar-refractivity contribution is 5.91. The second-order valence-corrected chi connectivity index (χ2v) is 8.92. The summed E-state index contributed by atoms with van der Waals surface area (Å²) in [7, 11) is 0. The summed E-state index contributed by atoms with van der Waals surface area (Å²) in [6.45, 7) is 7.88. The number of benzene rings is 2. The predicted molar refractivity (Wildman–Crippen MR) is 116 cm³/mol. The Balaban J connectivity index is 1.62. The number of rotatable bonds is 5. The maximum atomic E-state index is 12.8. The number of carbonyl (C=O) groups is 1. The van der Waals surface area contributed by atoms with Gasteiger partial charge < -0.3 is 14.2 Å². The fraction of sp³-hybridized carbons (Fsp3) is 0.423. The van der Waals surface area contributed by atoms with Crippen LogP contribution in [-0.4, -0.2) is 17.9 Å². The molecule has 0 aliphatic carbocycles. The molecule has 158 valence electrons. The minimum absolute atomic E-state index is 0.0274. The van der Waals surface area contributed by atoms with Crippen molar-refractivity contribution < 1.29 is 19.0 Å². The third kappa shape index (κ3) is 4.44. The van der Waals surface area contributed by atoms with E-state index in [-0.39, 0.29) is 12.1 Å². The van der Waals surface area contributed by atoms with Crippen molar-refractivity contribution >= 4 is 5.97 Å². The lowest BCUT2D eigenvalue weighted by atomic mass is 9.91. The average Bonchev–Trinajstić information content (AvgIpc) is 2.71. The standard InChI is InChI=1S/C26H30O4/c1-17(2)19-11-13-20(14-12-19)24-23-22(29-26(3,4)30-25(23)27)16-21(28-24)15-10-18-8-6-5-7-9-18/h5-9,11-14,17,21,24H,10,15-16H2,1-4H3/t21-,24+/m1/s1. The SMILES string of the molecule is CC(C)c1ccc([C@@H]2O[C@H](CCc3ccccc3)CC3=C2C(=O)OC(C)(C)O3)cc1. The van der Waals surface area contributed by atoms with Crippen LogP contribution in [0.15, 0.2) is 65.9 Å². The Hall–Kier alpha value is -2.59. The third-order valence-corrected chi connectivity index (χ3v) is 5.74. The van der Waals surface area contributed by atoms with Gasteiger partial charge >= 0.3 is 5.97 Å². The van der Waals surface area contributed by atoms with Crippen molar-refractivity contribution in [2.45, 2.75) is 70.9 Å². The van der Waals surface area contributed by atoms with Gasteiger partial charge in [0.15, 0.2) is 0 Å². The van der Waals surface area contributed by atoms with Crippen LogP contribution in [0.3, 0.4) is 0 Å². The van der Waals surface area contributed by atoms with Crippen LogP contribution in [0.5, 0.6) is 0 Å². The van der Waals surface area contributed by atoms with Crippen LogP contribution < -0.4 is 0 Å². The number of cyclic esters (lactones) is 1. The molecule has 30 heavy (non-hydrogen) atoms. The molecule has 4 heteroatoms. The summed E-state index contributed by atoms with van der Waals surface area (Å²) in [5, 5.41) is 0. The molecule has 2 aliphatic rings. The van der Waals surface area contributed by atoms with Crippen LogP contribution in [-0.2, 0) is 25.4 Å². The molecular weight excluding hydrogens is 376 g/mol. The van der Waals surface area contributed by atoms with Crippen molar-refractivity contribution in [1.29, 1.82) is 0 Å². The normalized spacial score (nSPS) is 23.0. The third-order valence-electron chi connectivity index (χ3n) is 5.74. The summed E-state index contributed by atoms with van der Waals surface area (Å²) in [5.41, 5.74) is 4.00. The van der Waals surface area contributed by atoms with E-state index in [4.69, 9.17) is 14.2 Å². The largest absolute Gasteiger partial charge is 0.456 e. The molecule has 2 aromatic carbocycles. The zero-order valence-electron chi connectivity index (χ0n) is 18.2. The van der Waals surface area contributed by atoms with Gasteiger partial charge in [0.25, 0.3) is 0 Å². The second kappa shape index (κ2) is 8.27. The van der Waals surface area contributed by atoms with Gasteiger partial charge in [-0.05, 0) is 35.4 Å². The molecule has 2 aromatic rings. The maximum absolute atomic E-state index is 12.8. The fourth-order valence-corrected chi connectivity index (χ4v) is 4.13. The van der Waals surface area contributed by atoms with E-state index in [0.717, 1.165) is 18.4 Å². The van der Waals surface area contributed by atoms with Crippen LogP contribution >= 0.6 is 0 Å². The number of esters is 1. The molecule has 4 rings (SSSR count). The molecule has 4 nitrogen and oxygen atoms in total. The van der Waals surface area contributed by atoms with E-state index in [2.05, 4.69) is 62.4 Å². The number of hydrogen-bond acceptors (Lipinski definition) is 4. The first-order valence-corrected chi connectivity index (χ1v) is 10.8. The molecule has 0 saturated heterocycles. The lowest BCUT2D eigenvalue weighted by Crippen LogP contribution is -2.42. The lowest BCUT2D eigenvalue weighted by Gasteiger charge is -2.40. The molecule has 0 fully saturated rings. The van der Waals surface area contributed by atoms with Gasteiger partial charge in [-0.2, -0.15) is 0 Å². The molecule has 0 radical (unpaired) electrons. The highest BCUT2D eigenvalue weighted by Gasteiger charge is 2.44. The number of carbonyl (C=O) groups excluding carboxylic acids is 1. The molecule has 2 heterocycles. The number of hydrogen-bond donors (Lipinski definition) is 0. The summed E-state index contributed by atoms with van der Waals surface area (Å²) < 4.78 is 18.1. The van der Waals surface area contributed by atoms with Crippen molar-refractivity contribution in [2.75, 3.05) is 0 Å². The van der Waals surface area contributed by atoms with E-state index < -0.39 is 11.9 Å². The number of ether oxygens (including phenoxy) is 3. The molecule has 0 aromatic heterocycles. The van der Waals surface area contributed by atoms with E-state index in [0.29, 0.717) is 23.7 Å². The van der Waals surface area contributed by atoms with Crippen LogP contribution in [0.2, 0.25) is 0 Å². The zero-order chi connectivity index (χ0) is 21.3. The Labute approximate surface area is 178 Å². The molecule has 0 amide bonds. The molecule has 2 atom stereocenters. The van der Waals surface area contributed by atoms with Gasteiger partial charge in [0.05, 0.1) is 6.10 Å². The Bertz CT molecular complexity index is 925. The molecule has 0 saturated carbocycles. The van der Waals surface area contributed by atoms with Gasteiger partial charge in [-0.3, -0.25) is 0 Å². The van der Waals surface area contributed by atoms with Gasteiger partial charge in [-0.25, -0.2) is 4.79 Å². The Morgan fingerprint density at radius 2 is 1.70 bits per heavy atom. The van der Waals surface area contributed by atoms with Crippen LogP contribution in [0.4, 0.5) is 0 Å². The molecule has 0 unspecified atom stereocenters. The maximum Gasteiger partial charge on any atom is 0.343 e. The van der Waals surface area contributed by atoms with Crippen molar-refractivity contribution in [3.8, 4) is 0 Å². The molecular formula is C26H30O4. The fourth-order valence-electron chi connectivity index (χ4n) is 4.13. The summed E-state index contributed by atoms with van der Waals surface area (Å²) in [5.74, 6) is -0.147. The van der Waals surface area contributed by atoms with Crippen molar-refractivity contribution in [2.24, 2.45) is 0 Å². The highest BCUT2D eigenvalue weighted by Crippen LogP contribution is 2.43. The summed E-state index contributed by atoms with van der Waals surface area (Å²) >= 11 is 0. The smallest absolute Gasteiger partial charge is 0.343 e. The Kier molecular flexibility index (Phi) is 5.70. The molecule has 0 bridgehead atoms. The van der Waals surface area contributed by atoms with Crippen molar-refractivity contribution in [3.63, 3.8) is 0 Å². The van der Waals surface area contributed by atoms with E-state index in [1.807, 2.05) is 6.07 Å². The van der Waals surface area contributed by atoms with Gasteiger partial charge in [0.1, 0.15) is 17.4 Å². The topological polar surface area (TPSA) is 44.8 Å². The van der Waals surface area contributed by atoms with E-state index in [1.54, 1.807) is 13.8 Å². The van der Waals surface area contributed by atoms with Crippen LogP contribution in [0.1, 0.15) is 69.2 Å². The predicted octanol–water partition coefficient (Wildman–Crippen LogP) is 5.84. The van der Waals surface area contributed by atoms with Gasteiger partial charge in [-0.1, -0.05) is 68.4 Å². The van der Waals surface area contributed by atoms with Crippen molar-refractivity contribution in [3.05, 3.63) is 82.6 Å². The minimum atomic E-state index is -0.955. The first-order valence-electron chi connectivity index (χ1n) is 10.8. The first kappa shape index (κ1) is 20.7. The summed E-state index contributed by atoms with van der Waals surface area (Å²) in [6.07, 6.45) is 1.86. The van der Waals surface area contributed by atoms with Gasteiger partial charge in [0, 0.05) is 20.3 Å². The zero-order valence-corrected chi connectivity index (χ0v) is 18.2. The highest BCUT2D eigenvalue weighted by atomic mass is 16.7. The van der Waals surface area contributed by atoms with Crippen LogP contribution in [0.25, 0.3) is 0 Å². The monoisotopic (exact) mass is 406 g/mol. The molecule has 0 spiro atoms. The Morgan fingerprint density at radius 1 is 1.00 bits per heavy atom. The van der Waals surface area contributed by atoms with Crippen molar-refractivity contribution in [1.82, 2.24) is 0 Å². The lowest BCUT2D eigenvalue weighted by molar-refractivity contribution is -0.217. The van der Waals surface area contributed by atoms with Gasteiger partial charge in [0.2, 0.25) is 5.79 Å². The van der Waals surface area contributed by atoms with Gasteiger partial charge in [-0.15, -0.1) is 0 Å². The second-order valence-electron chi connectivity index (χ2n) is 8.92.